The molecular formula is C20H14FN3O4. The quantitative estimate of drug-likeness (QED) is 0.699. The topological polar surface area (TPSA) is 96.5 Å². The number of carbonyl (C=O) groups excluding carboxylic acids is 2. The van der Waals surface area contributed by atoms with Gasteiger partial charge in [-0.05, 0) is 42.8 Å². The van der Waals surface area contributed by atoms with Crippen LogP contribution in [-0.4, -0.2) is 26.8 Å². The molecule has 0 unspecified atom stereocenters. The first-order valence-electron chi connectivity index (χ1n) is 8.37. The van der Waals surface area contributed by atoms with Crippen molar-refractivity contribution in [1.29, 1.82) is 0 Å². The molecule has 2 aromatic heterocycles. The predicted molar refractivity (Wildman–Crippen MR) is 96.1 cm³/mol. The molecule has 0 radical (unpaired) electrons. The lowest BCUT2D eigenvalue weighted by Gasteiger charge is -2.24. The van der Waals surface area contributed by atoms with Crippen molar-refractivity contribution in [2.45, 2.75) is 13.0 Å². The predicted octanol–water partition coefficient (Wildman–Crippen LogP) is 3.30. The second-order valence-electron chi connectivity index (χ2n) is 6.18. The molecule has 1 N–H and O–H groups in total. The Morgan fingerprint density at radius 1 is 1.14 bits per heavy atom. The zero-order valence-electron chi connectivity index (χ0n) is 14.7. The minimum absolute atomic E-state index is 0.00630. The summed E-state index contributed by atoms with van der Waals surface area (Å²) >= 11 is 0. The summed E-state index contributed by atoms with van der Waals surface area (Å²) in [7, 11) is 0. The van der Waals surface area contributed by atoms with Gasteiger partial charge in [-0.25, -0.2) is 14.4 Å². The van der Waals surface area contributed by atoms with Crippen molar-refractivity contribution in [1.82, 2.24) is 9.97 Å². The Hall–Kier alpha value is -3.81. The molecule has 1 aromatic carbocycles. The number of hydrogen-bond acceptors (Lipinski definition) is 6. The molecule has 3 heterocycles. The summed E-state index contributed by atoms with van der Waals surface area (Å²) in [4.78, 5) is 35.0. The van der Waals surface area contributed by atoms with E-state index in [4.69, 9.17) is 4.42 Å². The van der Waals surface area contributed by atoms with Crippen molar-refractivity contribution in [3.05, 3.63) is 89.1 Å². The lowest BCUT2D eigenvalue weighted by molar-refractivity contribution is -0.117. The summed E-state index contributed by atoms with van der Waals surface area (Å²) in [6.45, 7) is 1.67. The Morgan fingerprint density at radius 2 is 1.82 bits per heavy atom. The second-order valence-corrected chi connectivity index (χ2v) is 6.18. The second kappa shape index (κ2) is 6.73. The molecule has 1 aliphatic heterocycles. The van der Waals surface area contributed by atoms with Gasteiger partial charge in [-0.3, -0.25) is 14.5 Å². The Bertz CT molecular complexity index is 1090. The molecule has 4 rings (SSSR count). The number of ketones is 1. The largest absolute Gasteiger partial charge is 0.503 e. The number of amides is 1. The number of benzene rings is 1. The average Bonchev–Trinajstić information content (AvgIpc) is 3.25. The number of aryl methyl sites for hydroxylation is 1. The van der Waals surface area contributed by atoms with Crippen LogP contribution in [0.2, 0.25) is 0 Å². The number of nitrogens with zero attached hydrogens (tertiary/aromatic N) is 3. The lowest BCUT2D eigenvalue weighted by atomic mass is 9.95. The van der Waals surface area contributed by atoms with Crippen molar-refractivity contribution in [2.75, 3.05) is 4.90 Å². The number of aliphatic hydroxyl groups excluding tert-OH is 1. The molecule has 1 aliphatic rings. The highest BCUT2D eigenvalue weighted by molar-refractivity contribution is 6.19. The summed E-state index contributed by atoms with van der Waals surface area (Å²) in [5.74, 6) is -2.17. The van der Waals surface area contributed by atoms with Gasteiger partial charge in [0.2, 0.25) is 11.7 Å². The van der Waals surface area contributed by atoms with E-state index in [1.807, 2.05) is 0 Å². The fourth-order valence-corrected chi connectivity index (χ4v) is 3.11. The number of halogens is 1. The first-order valence-corrected chi connectivity index (χ1v) is 8.37. The van der Waals surface area contributed by atoms with Crippen LogP contribution in [0.1, 0.15) is 27.9 Å². The number of furan rings is 1. The van der Waals surface area contributed by atoms with Crippen molar-refractivity contribution in [3.8, 4) is 0 Å². The molecule has 0 saturated carbocycles. The molecule has 0 fully saturated rings. The summed E-state index contributed by atoms with van der Waals surface area (Å²) in [5, 5.41) is 10.5. The van der Waals surface area contributed by atoms with E-state index in [0.29, 0.717) is 11.3 Å². The van der Waals surface area contributed by atoms with Crippen LogP contribution < -0.4 is 4.90 Å². The minimum Gasteiger partial charge on any atom is -0.503 e. The van der Waals surface area contributed by atoms with Crippen LogP contribution in [0.15, 0.2) is 70.6 Å². The molecule has 1 atom stereocenters. The fraction of sp³-hybridized carbons (Fsp3) is 0.100. The monoisotopic (exact) mass is 379 g/mol. The third-order valence-corrected chi connectivity index (χ3v) is 4.37. The van der Waals surface area contributed by atoms with Crippen molar-refractivity contribution in [2.24, 2.45) is 0 Å². The van der Waals surface area contributed by atoms with Gasteiger partial charge >= 0.3 is 0 Å². The molecule has 7 nitrogen and oxygen atoms in total. The Balaban J connectivity index is 1.88. The van der Waals surface area contributed by atoms with E-state index in [1.165, 1.54) is 42.7 Å². The number of aromatic nitrogens is 2. The van der Waals surface area contributed by atoms with Gasteiger partial charge in [0.15, 0.2) is 11.5 Å². The maximum Gasteiger partial charge on any atom is 0.296 e. The highest BCUT2D eigenvalue weighted by atomic mass is 19.1. The fourth-order valence-electron chi connectivity index (χ4n) is 3.11. The van der Waals surface area contributed by atoms with Crippen molar-refractivity contribution < 1.29 is 23.5 Å². The number of Topliss-reactive ketones (excluding diaryl/α,β-unsaturated/α-hetero) is 1. The summed E-state index contributed by atoms with van der Waals surface area (Å²) in [5.41, 5.74) is 0.233. The van der Waals surface area contributed by atoms with Gasteiger partial charge in [0.25, 0.3) is 5.91 Å². The smallest absolute Gasteiger partial charge is 0.296 e. The standard InChI is InChI=1S/C20H14FN3O4/c1-11-3-8-14(28-11)17(25)15-16(12-4-6-13(21)7-5-12)24(19(27)18(15)26)20-22-9-2-10-23-20/h2-10,16,26H,1H3/t16-/m1/s1. The third kappa shape index (κ3) is 2.84. The molecule has 3 aromatic rings. The molecule has 28 heavy (non-hydrogen) atoms. The summed E-state index contributed by atoms with van der Waals surface area (Å²) in [6, 6.07) is 8.88. The summed E-state index contributed by atoms with van der Waals surface area (Å²) in [6.07, 6.45) is 2.87. The van der Waals surface area contributed by atoms with Gasteiger partial charge in [0.1, 0.15) is 11.6 Å². The van der Waals surface area contributed by atoms with Crippen molar-refractivity contribution in [3.63, 3.8) is 0 Å². The van der Waals surface area contributed by atoms with Gasteiger partial charge in [-0.15, -0.1) is 0 Å². The van der Waals surface area contributed by atoms with Gasteiger partial charge in [-0.1, -0.05) is 12.1 Å². The normalized spacial score (nSPS) is 16.7. The van der Waals surface area contributed by atoms with E-state index in [2.05, 4.69) is 9.97 Å². The first-order chi connectivity index (χ1) is 13.5. The van der Waals surface area contributed by atoms with E-state index in [1.54, 1.807) is 19.1 Å². The molecule has 0 saturated heterocycles. The van der Waals surface area contributed by atoms with E-state index in [-0.39, 0.29) is 17.3 Å². The summed E-state index contributed by atoms with van der Waals surface area (Å²) < 4.78 is 18.8. The van der Waals surface area contributed by atoms with E-state index in [0.717, 1.165) is 4.90 Å². The zero-order valence-corrected chi connectivity index (χ0v) is 14.7. The van der Waals surface area contributed by atoms with Gasteiger partial charge < -0.3 is 9.52 Å². The SMILES string of the molecule is Cc1ccc(C(=O)C2=C(O)C(=O)N(c3ncccn3)[C@@H]2c2ccc(F)cc2)o1. The minimum atomic E-state index is -1.03. The number of aliphatic hydroxyl groups is 1. The molecular weight excluding hydrogens is 365 g/mol. The maximum atomic E-state index is 13.4. The highest BCUT2D eigenvalue weighted by Crippen LogP contribution is 2.40. The number of rotatable bonds is 4. The Kier molecular flexibility index (Phi) is 4.23. The van der Waals surface area contributed by atoms with Crippen LogP contribution in [0.3, 0.4) is 0 Å². The first kappa shape index (κ1) is 17.6. The van der Waals surface area contributed by atoms with Gasteiger partial charge in [-0.2, -0.15) is 0 Å². The Labute approximate surface area is 158 Å². The van der Waals surface area contributed by atoms with E-state index < -0.39 is 29.3 Å². The molecule has 0 aliphatic carbocycles. The van der Waals surface area contributed by atoms with E-state index >= 15 is 0 Å². The molecule has 140 valence electrons. The van der Waals surface area contributed by atoms with Crippen LogP contribution in [0.25, 0.3) is 0 Å². The maximum absolute atomic E-state index is 13.4. The molecule has 0 spiro atoms. The van der Waals surface area contributed by atoms with Crippen LogP contribution in [0, 0.1) is 12.7 Å². The average molecular weight is 379 g/mol. The van der Waals surface area contributed by atoms with Crippen LogP contribution in [-0.2, 0) is 4.79 Å². The molecule has 0 bridgehead atoms. The molecule has 8 heteroatoms. The number of anilines is 1. The zero-order chi connectivity index (χ0) is 19.8. The number of carbonyl (C=O) groups is 2. The van der Waals surface area contributed by atoms with Crippen LogP contribution >= 0.6 is 0 Å². The van der Waals surface area contributed by atoms with E-state index in [9.17, 15) is 19.1 Å². The molecule has 1 amide bonds. The lowest BCUT2D eigenvalue weighted by Crippen LogP contribution is -2.32. The van der Waals surface area contributed by atoms with Crippen molar-refractivity contribution >= 4 is 17.6 Å². The Morgan fingerprint density at radius 3 is 2.43 bits per heavy atom. The van der Waals surface area contributed by atoms with Crippen LogP contribution in [0.4, 0.5) is 10.3 Å². The number of hydrogen-bond donors (Lipinski definition) is 1. The van der Waals surface area contributed by atoms with Gasteiger partial charge in [0.05, 0.1) is 11.6 Å². The third-order valence-electron chi connectivity index (χ3n) is 4.37. The highest BCUT2D eigenvalue weighted by Gasteiger charge is 2.46. The van der Waals surface area contributed by atoms with Crippen LogP contribution in [0.5, 0.6) is 0 Å². The van der Waals surface area contributed by atoms with Gasteiger partial charge in [0, 0.05) is 12.4 Å².